The summed E-state index contributed by atoms with van der Waals surface area (Å²) in [6.45, 7) is 2.10. The summed E-state index contributed by atoms with van der Waals surface area (Å²) < 4.78 is 53.8. The molecule has 0 amide bonds. The van der Waals surface area contributed by atoms with Crippen LogP contribution >= 0.6 is 0 Å². The van der Waals surface area contributed by atoms with Crippen molar-refractivity contribution >= 4 is 21.4 Å². The fourth-order valence-electron chi connectivity index (χ4n) is 3.26. The van der Waals surface area contributed by atoms with Crippen molar-refractivity contribution in [2.75, 3.05) is 36.8 Å². The minimum Gasteiger partial charge on any atom is -0.372 e. The maximum absolute atomic E-state index is 13.8. The highest BCUT2D eigenvalue weighted by molar-refractivity contribution is 7.92. The molecule has 1 heterocycles. The van der Waals surface area contributed by atoms with Gasteiger partial charge in [-0.25, -0.2) is 17.2 Å². The molecule has 0 spiro atoms. The predicted octanol–water partition coefficient (Wildman–Crippen LogP) is 3.30. The standard InChI is InChI=1S/C19H23F2N3O2S/c1-23-11-9-17(10-12-23)24(2)16-6-4-15(5-7-16)22-27(25,26)19-8-3-14(20)13-18(19)21/h3-8,13,17,22H,9-12H2,1-2H3. The number of halogens is 2. The Kier molecular flexibility index (Phi) is 5.67. The molecule has 0 atom stereocenters. The summed E-state index contributed by atoms with van der Waals surface area (Å²) >= 11 is 0. The lowest BCUT2D eigenvalue weighted by atomic mass is 10.0. The van der Waals surface area contributed by atoms with E-state index in [1.807, 2.05) is 19.2 Å². The first-order valence-corrected chi connectivity index (χ1v) is 10.2. The van der Waals surface area contributed by atoms with Crippen molar-refractivity contribution < 1.29 is 17.2 Å². The Balaban J connectivity index is 1.71. The number of benzene rings is 2. The molecule has 27 heavy (non-hydrogen) atoms. The van der Waals surface area contributed by atoms with Gasteiger partial charge in [0, 0.05) is 30.5 Å². The molecule has 2 aromatic carbocycles. The molecule has 0 aromatic heterocycles. The average molecular weight is 395 g/mol. The van der Waals surface area contributed by atoms with Crippen LogP contribution in [0.5, 0.6) is 0 Å². The Morgan fingerprint density at radius 2 is 1.70 bits per heavy atom. The smallest absolute Gasteiger partial charge is 0.264 e. The van der Waals surface area contributed by atoms with Crippen LogP contribution in [0.15, 0.2) is 47.4 Å². The van der Waals surface area contributed by atoms with Crippen molar-refractivity contribution in [2.24, 2.45) is 0 Å². The van der Waals surface area contributed by atoms with Crippen LogP contribution < -0.4 is 9.62 Å². The average Bonchev–Trinajstić information content (AvgIpc) is 2.62. The van der Waals surface area contributed by atoms with E-state index in [9.17, 15) is 17.2 Å². The van der Waals surface area contributed by atoms with Crippen LogP contribution in [0.3, 0.4) is 0 Å². The van der Waals surface area contributed by atoms with E-state index in [1.165, 1.54) is 0 Å². The molecule has 146 valence electrons. The predicted molar refractivity (Wildman–Crippen MR) is 103 cm³/mol. The first-order chi connectivity index (χ1) is 12.8. The number of rotatable bonds is 5. The zero-order valence-corrected chi connectivity index (χ0v) is 16.1. The third kappa shape index (κ3) is 4.56. The van der Waals surface area contributed by atoms with Crippen LogP contribution in [0, 0.1) is 11.6 Å². The van der Waals surface area contributed by atoms with Gasteiger partial charge in [-0.2, -0.15) is 0 Å². The largest absolute Gasteiger partial charge is 0.372 e. The highest BCUT2D eigenvalue weighted by Gasteiger charge is 2.22. The van der Waals surface area contributed by atoms with Crippen LogP contribution in [0.4, 0.5) is 20.2 Å². The van der Waals surface area contributed by atoms with Gasteiger partial charge in [0.05, 0.1) is 0 Å². The van der Waals surface area contributed by atoms with Gasteiger partial charge in [0.2, 0.25) is 0 Å². The number of hydrogen-bond acceptors (Lipinski definition) is 4. The van der Waals surface area contributed by atoms with Crippen molar-refractivity contribution in [3.8, 4) is 0 Å². The summed E-state index contributed by atoms with van der Waals surface area (Å²) in [4.78, 5) is 3.92. The van der Waals surface area contributed by atoms with E-state index in [4.69, 9.17) is 0 Å². The van der Waals surface area contributed by atoms with Crippen LogP contribution in [0.2, 0.25) is 0 Å². The van der Waals surface area contributed by atoms with Crippen molar-refractivity contribution in [1.82, 2.24) is 4.90 Å². The van der Waals surface area contributed by atoms with Crippen molar-refractivity contribution in [2.45, 2.75) is 23.8 Å². The van der Waals surface area contributed by atoms with Crippen molar-refractivity contribution in [3.05, 3.63) is 54.1 Å². The molecule has 0 aliphatic carbocycles. The second-order valence-electron chi connectivity index (χ2n) is 6.87. The fourth-order valence-corrected chi connectivity index (χ4v) is 4.38. The molecular weight excluding hydrogens is 372 g/mol. The number of nitrogens with zero attached hydrogens (tertiary/aromatic N) is 2. The zero-order valence-electron chi connectivity index (χ0n) is 15.3. The summed E-state index contributed by atoms with van der Waals surface area (Å²) in [7, 11) is 0.0117. The minimum atomic E-state index is -4.13. The lowest BCUT2D eigenvalue weighted by molar-refractivity contribution is 0.253. The quantitative estimate of drug-likeness (QED) is 0.844. The molecule has 3 rings (SSSR count). The van der Waals surface area contributed by atoms with Crippen LogP contribution in [0.1, 0.15) is 12.8 Å². The Hall–Kier alpha value is -2.19. The van der Waals surface area contributed by atoms with Crippen molar-refractivity contribution in [3.63, 3.8) is 0 Å². The number of likely N-dealkylation sites (tertiary alicyclic amines) is 1. The molecule has 1 aliphatic rings. The number of hydrogen-bond donors (Lipinski definition) is 1. The molecule has 0 radical (unpaired) electrons. The van der Waals surface area contributed by atoms with Crippen LogP contribution in [-0.4, -0.2) is 46.5 Å². The zero-order chi connectivity index (χ0) is 19.6. The van der Waals surface area contributed by atoms with Gasteiger partial charge in [-0.15, -0.1) is 0 Å². The molecule has 1 N–H and O–H groups in total. The van der Waals surface area contributed by atoms with Gasteiger partial charge in [-0.3, -0.25) is 4.72 Å². The van der Waals surface area contributed by atoms with Crippen molar-refractivity contribution in [1.29, 1.82) is 0 Å². The molecule has 1 aliphatic heterocycles. The van der Waals surface area contributed by atoms with E-state index >= 15 is 0 Å². The molecule has 2 aromatic rings. The van der Waals surface area contributed by atoms with E-state index < -0.39 is 26.6 Å². The van der Waals surface area contributed by atoms with Gasteiger partial charge < -0.3 is 9.80 Å². The Morgan fingerprint density at radius 1 is 1.07 bits per heavy atom. The highest BCUT2D eigenvalue weighted by Crippen LogP contribution is 2.25. The number of sulfonamides is 1. The van der Waals surface area contributed by atoms with Gasteiger partial charge in [0.1, 0.15) is 16.5 Å². The van der Waals surface area contributed by atoms with Gasteiger partial charge in [-0.05, 0) is 69.4 Å². The molecule has 5 nitrogen and oxygen atoms in total. The maximum atomic E-state index is 13.8. The SMILES string of the molecule is CN1CCC(N(C)c2ccc(NS(=O)(=O)c3ccc(F)cc3F)cc2)CC1. The molecule has 8 heteroatoms. The van der Waals surface area contributed by atoms with E-state index in [1.54, 1.807) is 12.1 Å². The third-order valence-corrected chi connectivity index (χ3v) is 6.36. The summed E-state index contributed by atoms with van der Waals surface area (Å²) in [6.07, 6.45) is 2.15. The minimum absolute atomic E-state index is 0.319. The first kappa shape index (κ1) is 19.6. The van der Waals surface area contributed by atoms with E-state index in [2.05, 4.69) is 21.6 Å². The summed E-state index contributed by atoms with van der Waals surface area (Å²) in [5, 5.41) is 0. The van der Waals surface area contributed by atoms with E-state index in [0.717, 1.165) is 43.8 Å². The highest BCUT2D eigenvalue weighted by atomic mass is 32.2. The van der Waals surface area contributed by atoms with Gasteiger partial charge in [0.15, 0.2) is 0 Å². The lowest BCUT2D eigenvalue weighted by Crippen LogP contribution is -2.41. The molecule has 0 unspecified atom stereocenters. The first-order valence-electron chi connectivity index (χ1n) is 8.75. The lowest BCUT2D eigenvalue weighted by Gasteiger charge is -2.36. The third-order valence-electron chi connectivity index (χ3n) is 4.95. The number of anilines is 2. The normalized spacial score (nSPS) is 16.3. The number of nitrogens with one attached hydrogen (secondary N) is 1. The molecular formula is C19H23F2N3O2S. The summed E-state index contributed by atoms with van der Waals surface area (Å²) in [6, 6.07) is 9.76. The molecule has 0 saturated carbocycles. The maximum Gasteiger partial charge on any atom is 0.264 e. The Labute approximate surface area is 158 Å². The topological polar surface area (TPSA) is 52.6 Å². The summed E-state index contributed by atoms with van der Waals surface area (Å²) in [5.74, 6) is -1.95. The van der Waals surface area contributed by atoms with Gasteiger partial charge >= 0.3 is 0 Å². The monoisotopic (exact) mass is 395 g/mol. The van der Waals surface area contributed by atoms with E-state index in [-0.39, 0.29) is 0 Å². The molecule has 1 fully saturated rings. The Morgan fingerprint density at radius 3 is 2.30 bits per heavy atom. The number of piperidine rings is 1. The van der Waals surface area contributed by atoms with Crippen LogP contribution in [0.25, 0.3) is 0 Å². The van der Waals surface area contributed by atoms with E-state index in [0.29, 0.717) is 17.8 Å². The van der Waals surface area contributed by atoms with Gasteiger partial charge in [-0.1, -0.05) is 0 Å². The Bertz CT molecular complexity index is 896. The molecule has 1 saturated heterocycles. The van der Waals surface area contributed by atoms with Gasteiger partial charge in [0.25, 0.3) is 10.0 Å². The summed E-state index contributed by atoms with van der Waals surface area (Å²) in [5.41, 5.74) is 1.31. The second-order valence-corrected chi connectivity index (χ2v) is 8.52. The molecule has 0 bridgehead atoms. The van der Waals surface area contributed by atoms with Crippen LogP contribution in [-0.2, 0) is 10.0 Å². The second kappa shape index (κ2) is 7.82. The fraction of sp³-hybridized carbons (Fsp3) is 0.368.